The van der Waals surface area contributed by atoms with Gasteiger partial charge >= 0.3 is 0 Å². The van der Waals surface area contributed by atoms with Crippen LogP contribution in [0.4, 0.5) is 0 Å². The number of methoxy groups -OCH3 is 1. The first-order valence-electron chi connectivity index (χ1n) is 7.08. The van der Waals surface area contributed by atoms with Gasteiger partial charge in [-0.1, -0.05) is 6.92 Å². The number of hydrogen-bond donors (Lipinski definition) is 1. The number of hydrogen-bond acceptors (Lipinski definition) is 6. The maximum atomic E-state index is 11.7. The molecule has 1 aromatic rings. The molecule has 21 heavy (non-hydrogen) atoms. The topological polar surface area (TPSA) is 84.7 Å². The number of likely N-dealkylation sites (N-methyl/N-ethyl adjacent to an activating group) is 1. The van der Waals surface area contributed by atoms with E-state index in [1.165, 1.54) is 0 Å². The molecule has 2 atom stereocenters. The van der Waals surface area contributed by atoms with Gasteiger partial charge < -0.3 is 14.4 Å². The number of aromatic nitrogens is 2. The Morgan fingerprint density at radius 1 is 1.52 bits per heavy atom. The molecule has 0 amide bonds. The summed E-state index contributed by atoms with van der Waals surface area (Å²) < 4.78 is 30.4. The van der Waals surface area contributed by atoms with E-state index < -0.39 is 15.9 Å². The molecule has 0 unspecified atom stereocenters. The Labute approximate surface area is 125 Å². The lowest BCUT2D eigenvalue weighted by Gasteiger charge is -2.28. The average Bonchev–Trinajstić information content (AvgIpc) is 2.97. The van der Waals surface area contributed by atoms with Gasteiger partial charge in [-0.15, -0.1) is 0 Å². The van der Waals surface area contributed by atoms with Crippen molar-refractivity contribution in [1.82, 2.24) is 14.5 Å². The molecule has 1 N–H and O–H groups in total. The van der Waals surface area contributed by atoms with Gasteiger partial charge in [0.15, 0.2) is 9.84 Å². The summed E-state index contributed by atoms with van der Waals surface area (Å²) in [7, 11) is -1.49. The van der Waals surface area contributed by atoms with Gasteiger partial charge in [0.05, 0.1) is 36.8 Å². The summed E-state index contributed by atoms with van der Waals surface area (Å²) in [4.78, 5) is 6.30. The Bertz CT molecular complexity index is 558. The van der Waals surface area contributed by atoms with Crippen LogP contribution in [0, 0.1) is 0 Å². The van der Waals surface area contributed by atoms with Crippen LogP contribution in [0.25, 0.3) is 0 Å². The third kappa shape index (κ3) is 4.03. The number of sulfone groups is 1. The number of ether oxygens (including phenoxy) is 1. The average molecular weight is 317 g/mol. The summed E-state index contributed by atoms with van der Waals surface area (Å²) in [5.74, 6) is 0.720. The zero-order chi connectivity index (χ0) is 15.5. The van der Waals surface area contributed by atoms with Gasteiger partial charge in [0.1, 0.15) is 5.82 Å². The Balaban J connectivity index is 2.08. The standard InChI is InChI=1S/C13H23N3O4S/c1-3-15(11-9-21(18,19)10-12(11)17)8-13-14-4-5-16(13)6-7-20-2/h4-5,11-12,17H,3,6-10H2,1-2H3/t11-,12-/m0/s1. The molecule has 0 spiro atoms. The second-order valence-corrected chi connectivity index (χ2v) is 7.46. The molecular formula is C13H23N3O4S. The molecule has 2 heterocycles. The number of rotatable bonds is 7. The molecule has 0 radical (unpaired) electrons. The van der Waals surface area contributed by atoms with Crippen LogP contribution in [0.3, 0.4) is 0 Å². The molecule has 2 rings (SSSR count). The minimum absolute atomic E-state index is 0.0147. The zero-order valence-electron chi connectivity index (χ0n) is 12.5. The van der Waals surface area contributed by atoms with Crippen molar-refractivity contribution in [1.29, 1.82) is 0 Å². The van der Waals surface area contributed by atoms with Crippen LogP contribution < -0.4 is 0 Å². The van der Waals surface area contributed by atoms with Crippen molar-refractivity contribution in [3.8, 4) is 0 Å². The summed E-state index contributed by atoms with van der Waals surface area (Å²) in [6, 6.07) is -0.354. The molecule has 1 aromatic heterocycles. The zero-order valence-corrected chi connectivity index (χ0v) is 13.3. The van der Waals surface area contributed by atoms with Crippen LogP contribution in [0.5, 0.6) is 0 Å². The van der Waals surface area contributed by atoms with Crippen LogP contribution in [0.2, 0.25) is 0 Å². The molecule has 0 aliphatic carbocycles. The van der Waals surface area contributed by atoms with E-state index in [0.29, 0.717) is 26.2 Å². The smallest absolute Gasteiger partial charge is 0.154 e. The third-order valence-electron chi connectivity index (χ3n) is 3.85. The highest BCUT2D eigenvalue weighted by molar-refractivity contribution is 7.91. The predicted octanol–water partition coefficient (Wildman–Crippen LogP) is -0.491. The molecule has 1 fully saturated rings. The number of imidazole rings is 1. The summed E-state index contributed by atoms with van der Waals surface area (Å²) in [5, 5.41) is 10.00. The van der Waals surface area contributed by atoms with E-state index in [4.69, 9.17) is 4.74 Å². The second-order valence-electron chi connectivity index (χ2n) is 5.30. The van der Waals surface area contributed by atoms with Crippen LogP contribution in [0.15, 0.2) is 12.4 Å². The lowest BCUT2D eigenvalue weighted by Crippen LogP contribution is -2.43. The Morgan fingerprint density at radius 2 is 2.29 bits per heavy atom. The Kier molecular flexibility index (Phi) is 5.37. The fourth-order valence-electron chi connectivity index (χ4n) is 2.69. The van der Waals surface area contributed by atoms with Gasteiger partial charge in [0.2, 0.25) is 0 Å². The van der Waals surface area contributed by atoms with Crippen molar-refractivity contribution in [2.45, 2.75) is 32.2 Å². The molecule has 0 bridgehead atoms. The predicted molar refractivity (Wildman–Crippen MR) is 78.6 cm³/mol. The van der Waals surface area contributed by atoms with Crippen molar-refractivity contribution in [2.24, 2.45) is 0 Å². The SMILES string of the molecule is CCN(Cc1nccn1CCOC)[C@H]1CS(=O)(=O)C[C@@H]1O. The lowest BCUT2D eigenvalue weighted by molar-refractivity contribution is 0.0790. The van der Waals surface area contributed by atoms with E-state index in [1.54, 1.807) is 13.3 Å². The van der Waals surface area contributed by atoms with Gasteiger partial charge in [-0.05, 0) is 6.54 Å². The maximum Gasteiger partial charge on any atom is 0.154 e. The molecule has 120 valence electrons. The normalized spacial score (nSPS) is 24.8. The van der Waals surface area contributed by atoms with E-state index >= 15 is 0 Å². The van der Waals surface area contributed by atoms with E-state index in [1.807, 2.05) is 22.6 Å². The van der Waals surface area contributed by atoms with Crippen molar-refractivity contribution >= 4 is 9.84 Å². The highest BCUT2D eigenvalue weighted by atomic mass is 32.2. The van der Waals surface area contributed by atoms with Crippen LogP contribution in [-0.2, 0) is 27.7 Å². The lowest BCUT2D eigenvalue weighted by atomic mass is 10.2. The fraction of sp³-hybridized carbons (Fsp3) is 0.769. The minimum atomic E-state index is -3.14. The molecule has 7 nitrogen and oxygen atoms in total. The molecule has 1 aliphatic heterocycles. The minimum Gasteiger partial charge on any atom is -0.390 e. The van der Waals surface area contributed by atoms with E-state index in [2.05, 4.69) is 4.98 Å². The van der Waals surface area contributed by atoms with Gasteiger partial charge in [-0.25, -0.2) is 13.4 Å². The van der Waals surface area contributed by atoms with Crippen molar-refractivity contribution in [3.63, 3.8) is 0 Å². The third-order valence-corrected chi connectivity index (χ3v) is 5.55. The summed E-state index contributed by atoms with van der Waals surface area (Å²) in [5.41, 5.74) is 0. The Morgan fingerprint density at radius 3 is 2.86 bits per heavy atom. The van der Waals surface area contributed by atoms with E-state index in [9.17, 15) is 13.5 Å². The molecule has 8 heteroatoms. The number of aliphatic hydroxyl groups excluding tert-OH is 1. The van der Waals surface area contributed by atoms with Gasteiger partial charge in [-0.3, -0.25) is 4.90 Å². The van der Waals surface area contributed by atoms with Crippen LogP contribution in [-0.4, -0.2) is 71.9 Å². The largest absolute Gasteiger partial charge is 0.390 e. The first-order chi connectivity index (χ1) is 9.96. The quantitative estimate of drug-likeness (QED) is 0.730. The summed E-state index contributed by atoms with van der Waals surface area (Å²) in [6.45, 7) is 4.43. The van der Waals surface area contributed by atoms with Gasteiger partial charge in [0, 0.05) is 26.0 Å². The van der Waals surface area contributed by atoms with Crippen molar-refractivity contribution in [3.05, 3.63) is 18.2 Å². The molecule has 1 aliphatic rings. The van der Waals surface area contributed by atoms with Gasteiger partial charge in [-0.2, -0.15) is 0 Å². The maximum absolute atomic E-state index is 11.7. The van der Waals surface area contributed by atoms with E-state index in [0.717, 1.165) is 5.82 Å². The highest BCUT2D eigenvalue weighted by Gasteiger charge is 2.39. The fourth-order valence-corrected chi connectivity index (χ4v) is 4.52. The molecule has 0 saturated carbocycles. The summed E-state index contributed by atoms with van der Waals surface area (Å²) in [6.07, 6.45) is 2.78. The monoisotopic (exact) mass is 317 g/mol. The first-order valence-corrected chi connectivity index (χ1v) is 8.90. The first kappa shape index (κ1) is 16.4. The molecular weight excluding hydrogens is 294 g/mol. The van der Waals surface area contributed by atoms with Crippen LogP contribution in [0.1, 0.15) is 12.7 Å². The van der Waals surface area contributed by atoms with Crippen LogP contribution >= 0.6 is 0 Å². The Hall–Kier alpha value is -0.960. The summed E-state index contributed by atoms with van der Waals surface area (Å²) >= 11 is 0. The van der Waals surface area contributed by atoms with Gasteiger partial charge in [0.25, 0.3) is 0 Å². The molecule has 1 saturated heterocycles. The van der Waals surface area contributed by atoms with Crippen molar-refractivity contribution < 1.29 is 18.3 Å². The number of aliphatic hydroxyl groups is 1. The molecule has 0 aromatic carbocycles. The van der Waals surface area contributed by atoms with Crippen molar-refractivity contribution in [2.75, 3.05) is 31.8 Å². The van der Waals surface area contributed by atoms with E-state index in [-0.39, 0.29) is 17.5 Å². The second kappa shape index (κ2) is 6.87. The number of nitrogens with zero attached hydrogens (tertiary/aromatic N) is 3. The highest BCUT2D eigenvalue weighted by Crippen LogP contribution is 2.20.